The minimum absolute atomic E-state index is 0.00607. The second kappa shape index (κ2) is 10.9. The van der Waals surface area contributed by atoms with Crippen molar-refractivity contribution in [1.29, 1.82) is 0 Å². The van der Waals surface area contributed by atoms with Crippen molar-refractivity contribution in [2.24, 2.45) is 0 Å². The maximum atomic E-state index is 13.6. The number of hydrogen-bond donors (Lipinski definition) is 0. The molecule has 0 N–H and O–H groups in total. The van der Waals surface area contributed by atoms with E-state index in [1.54, 1.807) is 12.1 Å². The Morgan fingerprint density at radius 1 is 0.944 bits per heavy atom. The molecule has 0 saturated heterocycles. The maximum Gasteiger partial charge on any atom is 0.337 e. The van der Waals surface area contributed by atoms with Crippen LogP contribution in [0.5, 0.6) is 11.5 Å². The lowest BCUT2D eigenvalue weighted by Gasteiger charge is -2.38. The zero-order valence-electron chi connectivity index (χ0n) is 21.5. The highest BCUT2D eigenvalue weighted by Crippen LogP contribution is 2.43. The fourth-order valence-electron chi connectivity index (χ4n) is 4.65. The second-order valence-electron chi connectivity index (χ2n) is 9.07. The van der Waals surface area contributed by atoms with Gasteiger partial charge < -0.3 is 19.1 Å². The largest absolute Gasteiger partial charge is 0.490 e. The van der Waals surface area contributed by atoms with Crippen LogP contribution in [0.25, 0.3) is 0 Å². The molecule has 36 heavy (non-hydrogen) atoms. The molecule has 6 nitrogen and oxygen atoms in total. The van der Waals surface area contributed by atoms with Crippen LogP contribution in [0.2, 0.25) is 0 Å². The van der Waals surface area contributed by atoms with Crippen molar-refractivity contribution in [2.45, 2.75) is 46.1 Å². The van der Waals surface area contributed by atoms with Crippen LogP contribution < -0.4 is 14.4 Å². The summed E-state index contributed by atoms with van der Waals surface area (Å²) >= 11 is 0. The summed E-state index contributed by atoms with van der Waals surface area (Å²) in [6.07, 6.45) is 0.254. The molecule has 0 aromatic heterocycles. The van der Waals surface area contributed by atoms with Gasteiger partial charge in [0.2, 0.25) is 5.91 Å². The molecule has 1 atom stereocenters. The molecule has 0 radical (unpaired) electrons. The minimum Gasteiger partial charge on any atom is -0.490 e. The summed E-state index contributed by atoms with van der Waals surface area (Å²) < 4.78 is 16.6. The van der Waals surface area contributed by atoms with Gasteiger partial charge in [0.15, 0.2) is 11.5 Å². The van der Waals surface area contributed by atoms with Gasteiger partial charge in [-0.2, -0.15) is 0 Å². The number of rotatable bonds is 8. The van der Waals surface area contributed by atoms with E-state index in [0.29, 0.717) is 36.2 Å². The molecule has 0 bridgehead atoms. The smallest absolute Gasteiger partial charge is 0.337 e. The third kappa shape index (κ3) is 4.94. The van der Waals surface area contributed by atoms with Gasteiger partial charge in [0.1, 0.15) is 0 Å². The first kappa shape index (κ1) is 25.3. The van der Waals surface area contributed by atoms with Crippen LogP contribution in [0.4, 0.5) is 5.69 Å². The van der Waals surface area contributed by atoms with Gasteiger partial charge in [-0.1, -0.05) is 38.1 Å². The molecule has 6 heteroatoms. The highest BCUT2D eigenvalue weighted by atomic mass is 16.5. The Labute approximate surface area is 212 Å². The number of anilines is 1. The highest BCUT2D eigenvalue weighted by Gasteiger charge is 2.36. The van der Waals surface area contributed by atoms with E-state index in [0.717, 1.165) is 22.4 Å². The van der Waals surface area contributed by atoms with E-state index in [1.807, 2.05) is 55.1 Å². The lowest BCUT2D eigenvalue weighted by atomic mass is 9.86. The van der Waals surface area contributed by atoms with Crippen LogP contribution in [0, 0.1) is 0 Å². The first-order chi connectivity index (χ1) is 17.4. The third-order valence-corrected chi connectivity index (χ3v) is 6.45. The summed E-state index contributed by atoms with van der Waals surface area (Å²) in [5.74, 6) is 1.28. The van der Waals surface area contributed by atoms with Crippen molar-refractivity contribution < 1.29 is 23.8 Å². The van der Waals surface area contributed by atoms with Crippen LogP contribution in [-0.2, 0) is 16.0 Å². The Morgan fingerprint density at radius 2 is 1.56 bits per heavy atom. The number of methoxy groups -OCH3 is 1. The molecule has 0 spiro atoms. The van der Waals surface area contributed by atoms with Crippen molar-refractivity contribution in [3.63, 3.8) is 0 Å². The van der Waals surface area contributed by atoms with E-state index in [4.69, 9.17) is 14.2 Å². The fourth-order valence-corrected chi connectivity index (χ4v) is 4.65. The zero-order valence-corrected chi connectivity index (χ0v) is 21.5. The van der Waals surface area contributed by atoms with Gasteiger partial charge in [0, 0.05) is 5.69 Å². The third-order valence-electron chi connectivity index (χ3n) is 6.45. The minimum atomic E-state index is -0.400. The van der Waals surface area contributed by atoms with Gasteiger partial charge in [0.05, 0.1) is 38.3 Å². The quantitative estimate of drug-likeness (QED) is 0.361. The van der Waals surface area contributed by atoms with Crippen LogP contribution in [-0.4, -0.2) is 32.2 Å². The lowest BCUT2D eigenvalue weighted by molar-refractivity contribution is -0.118. The predicted octanol–water partition coefficient (Wildman–Crippen LogP) is 6.07. The van der Waals surface area contributed by atoms with Gasteiger partial charge in [-0.25, -0.2) is 4.79 Å². The molecule has 0 aliphatic carbocycles. The predicted molar refractivity (Wildman–Crippen MR) is 140 cm³/mol. The number of ether oxygens (including phenoxy) is 3. The first-order valence-corrected chi connectivity index (χ1v) is 12.4. The molecule has 1 aliphatic rings. The standard InChI is InChI=1S/C30H33NO5/c1-6-35-26-16-23-17-28(32)31(24-14-12-20(13-15-24)19(3)4)29(25(23)18-27(26)36-7-2)21-8-10-22(11-9-21)30(33)34-5/h8-16,18-19,29H,6-7,17H2,1-5H3/t29-/m0/s1. The number of fused-ring (bicyclic) bond motifs is 1. The summed E-state index contributed by atoms with van der Waals surface area (Å²) in [6.45, 7) is 9.15. The number of benzene rings is 3. The number of amides is 1. The molecule has 0 unspecified atom stereocenters. The van der Waals surface area contributed by atoms with Crippen LogP contribution in [0.3, 0.4) is 0 Å². The van der Waals surface area contributed by atoms with Crippen LogP contribution in [0.1, 0.15) is 72.3 Å². The molecular weight excluding hydrogens is 454 g/mol. The average Bonchev–Trinajstić information content (AvgIpc) is 2.88. The summed E-state index contributed by atoms with van der Waals surface area (Å²) in [5, 5.41) is 0. The number of nitrogens with zero attached hydrogens (tertiary/aromatic N) is 1. The Kier molecular flexibility index (Phi) is 7.63. The van der Waals surface area contributed by atoms with Crippen molar-refractivity contribution >= 4 is 17.6 Å². The molecule has 188 valence electrons. The molecule has 1 amide bonds. The monoisotopic (exact) mass is 487 g/mol. The van der Waals surface area contributed by atoms with Crippen molar-refractivity contribution in [1.82, 2.24) is 0 Å². The molecule has 1 aliphatic heterocycles. The van der Waals surface area contributed by atoms with E-state index in [9.17, 15) is 9.59 Å². The van der Waals surface area contributed by atoms with Gasteiger partial charge in [-0.05, 0) is 78.4 Å². The Balaban J connectivity index is 1.88. The molecule has 0 saturated carbocycles. The van der Waals surface area contributed by atoms with Gasteiger partial charge in [-0.3, -0.25) is 4.79 Å². The first-order valence-electron chi connectivity index (χ1n) is 12.4. The van der Waals surface area contributed by atoms with Crippen LogP contribution >= 0.6 is 0 Å². The van der Waals surface area contributed by atoms with E-state index in [1.165, 1.54) is 12.7 Å². The van der Waals surface area contributed by atoms with E-state index >= 15 is 0 Å². The summed E-state index contributed by atoms with van der Waals surface area (Å²) in [5.41, 5.74) is 5.26. The number of hydrogen-bond acceptors (Lipinski definition) is 5. The molecule has 0 fully saturated rings. The second-order valence-corrected chi connectivity index (χ2v) is 9.07. The maximum absolute atomic E-state index is 13.6. The summed E-state index contributed by atoms with van der Waals surface area (Å²) in [4.78, 5) is 27.5. The Hall–Kier alpha value is -3.80. The molecule has 3 aromatic rings. The SMILES string of the molecule is CCOc1cc2c(cc1OCC)[C@H](c1ccc(C(=O)OC)cc1)N(c1ccc(C(C)C)cc1)C(=O)C2. The van der Waals surface area contributed by atoms with Gasteiger partial charge >= 0.3 is 5.97 Å². The average molecular weight is 488 g/mol. The Morgan fingerprint density at radius 3 is 2.11 bits per heavy atom. The number of carbonyl (C=O) groups excluding carboxylic acids is 2. The number of carbonyl (C=O) groups is 2. The summed E-state index contributed by atoms with van der Waals surface area (Å²) in [7, 11) is 1.36. The van der Waals surface area contributed by atoms with Crippen LogP contribution in [0.15, 0.2) is 60.7 Å². The lowest BCUT2D eigenvalue weighted by Crippen LogP contribution is -2.41. The van der Waals surface area contributed by atoms with Crippen molar-refractivity contribution in [3.8, 4) is 11.5 Å². The fraction of sp³-hybridized carbons (Fsp3) is 0.333. The zero-order chi connectivity index (χ0) is 25.8. The Bertz CT molecular complexity index is 1230. The highest BCUT2D eigenvalue weighted by molar-refractivity contribution is 5.98. The normalized spacial score (nSPS) is 15.0. The van der Waals surface area contributed by atoms with Crippen molar-refractivity contribution in [3.05, 3.63) is 88.5 Å². The molecule has 1 heterocycles. The summed E-state index contributed by atoms with van der Waals surface area (Å²) in [6, 6.07) is 18.9. The molecule has 4 rings (SSSR count). The van der Waals surface area contributed by atoms with E-state index in [2.05, 4.69) is 26.0 Å². The van der Waals surface area contributed by atoms with Gasteiger partial charge in [0.25, 0.3) is 0 Å². The topological polar surface area (TPSA) is 65.1 Å². The number of esters is 1. The molecular formula is C30H33NO5. The van der Waals surface area contributed by atoms with E-state index in [-0.39, 0.29) is 12.3 Å². The van der Waals surface area contributed by atoms with Crippen molar-refractivity contribution in [2.75, 3.05) is 25.2 Å². The van der Waals surface area contributed by atoms with Gasteiger partial charge in [-0.15, -0.1) is 0 Å². The molecule has 3 aromatic carbocycles. The van der Waals surface area contributed by atoms with E-state index < -0.39 is 12.0 Å².